The van der Waals surface area contributed by atoms with Gasteiger partial charge in [0.2, 0.25) is 5.91 Å². The van der Waals surface area contributed by atoms with Gasteiger partial charge in [-0.1, -0.05) is 6.07 Å². The van der Waals surface area contributed by atoms with E-state index in [9.17, 15) is 4.79 Å². The van der Waals surface area contributed by atoms with Crippen molar-refractivity contribution in [1.29, 1.82) is 0 Å². The summed E-state index contributed by atoms with van der Waals surface area (Å²) in [5, 5.41) is 13.9. The zero-order chi connectivity index (χ0) is 19.2. The van der Waals surface area contributed by atoms with E-state index < -0.39 is 0 Å². The molecule has 0 aliphatic carbocycles. The number of hydrogen-bond donors (Lipinski definition) is 1. The molecule has 3 rings (SSSR count). The zero-order valence-electron chi connectivity index (χ0n) is 16.2. The van der Waals surface area contributed by atoms with Gasteiger partial charge in [-0.15, -0.1) is 21.5 Å². The number of nitrogens with one attached hydrogen (secondary N) is 1. The van der Waals surface area contributed by atoms with Gasteiger partial charge < -0.3 is 19.7 Å². The van der Waals surface area contributed by atoms with Crippen molar-refractivity contribution in [2.24, 2.45) is 12.0 Å². The molecular formula is C18H27N7OS. The van der Waals surface area contributed by atoms with Crippen LogP contribution in [0.3, 0.4) is 0 Å². The van der Waals surface area contributed by atoms with Crippen LogP contribution in [0.1, 0.15) is 23.4 Å². The highest BCUT2D eigenvalue weighted by Crippen LogP contribution is 2.09. The molecule has 3 heterocycles. The highest BCUT2D eigenvalue weighted by atomic mass is 32.1. The van der Waals surface area contributed by atoms with E-state index in [1.54, 1.807) is 18.3 Å². The van der Waals surface area contributed by atoms with Crippen LogP contribution in [0.15, 0.2) is 22.5 Å². The number of rotatable bonds is 5. The van der Waals surface area contributed by atoms with Crippen LogP contribution in [-0.4, -0.2) is 69.2 Å². The van der Waals surface area contributed by atoms with E-state index in [0.29, 0.717) is 6.54 Å². The van der Waals surface area contributed by atoms with Gasteiger partial charge in [0, 0.05) is 51.6 Å². The van der Waals surface area contributed by atoms with Crippen molar-refractivity contribution in [3.8, 4) is 0 Å². The number of nitrogens with zero attached hydrogens (tertiary/aromatic N) is 6. The zero-order valence-corrected chi connectivity index (χ0v) is 17.0. The normalized spacial score (nSPS) is 15.3. The van der Waals surface area contributed by atoms with Crippen LogP contribution in [0, 0.1) is 6.92 Å². The molecule has 146 valence electrons. The Hall–Kier alpha value is -2.42. The molecular weight excluding hydrogens is 362 g/mol. The molecule has 1 N–H and O–H groups in total. The first kappa shape index (κ1) is 19.3. The van der Waals surface area contributed by atoms with E-state index in [1.165, 1.54) is 4.88 Å². The molecule has 1 aliphatic heterocycles. The standard InChI is InChI=1S/C18H27N7OS/c1-14-21-22-17(23(14)3)13-20-18(19-7-6-16-5-4-12-27-16)25-10-8-24(9-11-25)15(2)26/h4-5,12H,6-11,13H2,1-3H3,(H,19,20). The third-order valence-electron chi connectivity index (χ3n) is 4.81. The Labute approximate surface area is 163 Å². The highest BCUT2D eigenvalue weighted by Gasteiger charge is 2.21. The fourth-order valence-electron chi connectivity index (χ4n) is 2.99. The number of carbonyl (C=O) groups excluding carboxylic acids is 1. The van der Waals surface area contributed by atoms with Gasteiger partial charge in [0.15, 0.2) is 11.8 Å². The van der Waals surface area contributed by atoms with E-state index in [-0.39, 0.29) is 5.91 Å². The average Bonchev–Trinajstić information content (AvgIpc) is 3.29. The van der Waals surface area contributed by atoms with Crippen molar-refractivity contribution in [1.82, 2.24) is 29.9 Å². The average molecular weight is 390 g/mol. The molecule has 0 saturated carbocycles. The number of thiophene rings is 1. The van der Waals surface area contributed by atoms with Crippen molar-refractivity contribution in [3.63, 3.8) is 0 Å². The predicted octanol–water partition coefficient (Wildman–Crippen LogP) is 1.04. The minimum absolute atomic E-state index is 0.133. The van der Waals surface area contributed by atoms with Crippen molar-refractivity contribution in [2.45, 2.75) is 26.8 Å². The summed E-state index contributed by atoms with van der Waals surface area (Å²) >= 11 is 1.77. The van der Waals surface area contributed by atoms with Gasteiger partial charge in [0.1, 0.15) is 12.4 Å². The van der Waals surface area contributed by atoms with Gasteiger partial charge in [0.05, 0.1) is 0 Å². The number of hydrogen-bond acceptors (Lipinski definition) is 5. The summed E-state index contributed by atoms with van der Waals surface area (Å²) < 4.78 is 1.96. The Bertz CT molecular complexity index is 776. The van der Waals surface area contributed by atoms with E-state index in [0.717, 1.165) is 56.8 Å². The maximum atomic E-state index is 11.6. The van der Waals surface area contributed by atoms with Crippen molar-refractivity contribution in [3.05, 3.63) is 34.0 Å². The largest absolute Gasteiger partial charge is 0.356 e. The van der Waals surface area contributed by atoms with Crippen molar-refractivity contribution < 1.29 is 4.79 Å². The SMILES string of the molecule is CC(=O)N1CCN(C(=NCc2nnc(C)n2C)NCCc2cccs2)CC1. The molecule has 1 amide bonds. The third-order valence-corrected chi connectivity index (χ3v) is 5.75. The maximum absolute atomic E-state index is 11.6. The van der Waals surface area contributed by atoms with E-state index in [2.05, 4.69) is 37.9 Å². The molecule has 1 aliphatic rings. The third kappa shape index (κ3) is 5.06. The summed E-state index contributed by atoms with van der Waals surface area (Å²) in [6, 6.07) is 4.23. The molecule has 0 aromatic carbocycles. The summed E-state index contributed by atoms with van der Waals surface area (Å²) in [5.74, 6) is 2.72. The minimum Gasteiger partial charge on any atom is -0.356 e. The number of aryl methyl sites for hydroxylation is 1. The molecule has 8 nitrogen and oxygen atoms in total. The molecule has 2 aromatic rings. The van der Waals surface area contributed by atoms with Gasteiger partial charge in [-0.25, -0.2) is 4.99 Å². The monoisotopic (exact) mass is 389 g/mol. The molecule has 0 unspecified atom stereocenters. The minimum atomic E-state index is 0.133. The van der Waals surface area contributed by atoms with E-state index in [1.807, 2.05) is 23.4 Å². The van der Waals surface area contributed by atoms with Crippen LogP contribution in [0.5, 0.6) is 0 Å². The number of guanidine groups is 1. The predicted molar refractivity (Wildman–Crippen MR) is 107 cm³/mol. The van der Waals surface area contributed by atoms with Crippen LogP contribution >= 0.6 is 11.3 Å². The smallest absolute Gasteiger partial charge is 0.219 e. The lowest BCUT2D eigenvalue weighted by Gasteiger charge is -2.36. The first-order valence-corrected chi connectivity index (χ1v) is 10.1. The molecule has 0 bridgehead atoms. The lowest BCUT2D eigenvalue weighted by molar-refractivity contribution is -0.130. The van der Waals surface area contributed by atoms with E-state index in [4.69, 9.17) is 4.99 Å². The maximum Gasteiger partial charge on any atom is 0.219 e. The molecule has 9 heteroatoms. The Morgan fingerprint density at radius 1 is 1.26 bits per heavy atom. The molecule has 0 atom stereocenters. The number of aliphatic imine (C=N–C) groups is 1. The Morgan fingerprint density at radius 3 is 2.59 bits per heavy atom. The summed E-state index contributed by atoms with van der Waals surface area (Å²) in [4.78, 5) is 21.8. The quantitative estimate of drug-likeness (QED) is 0.611. The first-order valence-electron chi connectivity index (χ1n) is 9.20. The van der Waals surface area contributed by atoms with Crippen LogP contribution in [0.25, 0.3) is 0 Å². The van der Waals surface area contributed by atoms with E-state index >= 15 is 0 Å². The van der Waals surface area contributed by atoms with Crippen LogP contribution < -0.4 is 5.32 Å². The second-order valence-electron chi connectivity index (χ2n) is 6.61. The lowest BCUT2D eigenvalue weighted by atomic mass is 10.3. The van der Waals surface area contributed by atoms with Gasteiger partial charge in [-0.2, -0.15) is 0 Å². The fraction of sp³-hybridized carbons (Fsp3) is 0.556. The molecule has 27 heavy (non-hydrogen) atoms. The second kappa shape index (κ2) is 8.98. The highest BCUT2D eigenvalue weighted by molar-refractivity contribution is 7.09. The summed E-state index contributed by atoms with van der Waals surface area (Å²) in [6.07, 6.45) is 0.965. The Balaban J connectivity index is 1.65. The molecule has 0 spiro atoms. The lowest BCUT2D eigenvalue weighted by Crippen LogP contribution is -2.53. The van der Waals surface area contributed by atoms with Crippen LogP contribution in [-0.2, 0) is 24.8 Å². The first-order chi connectivity index (χ1) is 13.0. The Kier molecular flexibility index (Phi) is 6.44. The topological polar surface area (TPSA) is 78.7 Å². The van der Waals surface area contributed by atoms with Crippen LogP contribution in [0.4, 0.5) is 0 Å². The summed E-state index contributed by atoms with van der Waals surface area (Å²) in [5.41, 5.74) is 0. The number of amides is 1. The van der Waals surface area contributed by atoms with Crippen molar-refractivity contribution in [2.75, 3.05) is 32.7 Å². The molecule has 0 radical (unpaired) electrons. The molecule has 1 saturated heterocycles. The number of aromatic nitrogens is 3. The number of piperazine rings is 1. The van der Waals surface area contributed by atoms with Gasteiger partial charge in [-0.3, -0.25) is 4.79 Å². The van der Waals surface area contributed by atoms with Crippen LogP contribution in [0.2, 0.25) is 0 Å². The van der Waals surface area contributed by atoms with Crippen molar-refractivity contribution >= 4 is 23.2 Å². The molecule has 1 fully saturated rings. The summed E-state index contributed by atoms with van der Waals surface area (Å²) in [6.45, 7) is 7.87. The Morgan fingerprint density at radius 2 is 2.00 bits per heavy atom. The summed E-state index contributed by atoms with van der Waals surface area (Å²) in [7, 11) is 1.95. The fourth-order valence-corrected chi connectivity index (χ4v) is 3.70. The van der Waals surface area contributed by atoms with Gasteiger partial charge in [-0.05, 0) is 24.8 Å². The number of carbonyl (C=O) groups is 1. The second-order valence-corrected chi connectivity index (χ2v) is 7.64. The molecule has 2 aromatic heterocycles. The van der Waals surface area contributed by atoms with Gasteiger partial charge in [0.25, 0.3) is 0 Å². The van der Waals surface area contributed by atoms with Gasteiger partial charge >= 0.3 is 0 Å².